The van der Waals surface area contributed by atoms with Crippen LogP contribution in [0.25, 0.3) is 0 Å². The van der Waals surface area contributed by atoms with Crippen LogP contribution in [0.3, 0.4) is 0 Å². The number of pyridine rings is 1. The number of halogens is 1. The summed E-state index contributed by atoms with van der Waals surface area (Å²) in [6.45, 7) is 0.398. The fraction of sp³-hybridized carbons (Fsp3) is 0.500. The Hall–Kier alpha value is -1.05. The van der Waals surface area contributed by atoms with Crippen molar-refractivity contribution in [3.05, 3.63) is 24.3 Å². The van der Waals surface area contributed by atoms with Crippen molar-refractivity contribution in [3.8, 4) is 0 Å². The summed E-state index contributed by atoms with van der Waals surface area (Å²) < 4.78 is 38.3. The highest BCUT2D eigenvalue weighted by Crippen LogP contribution is 2.20. The van der Waals surface area contributed by atoms with Crippen LogP contribution < -0.4 is 0 Å². The van der Waals surface area contributed by atoms with Gasteiger partial charge in [0.25, 0.3) is 0 Å². The number of nitrogens with zero attached hydrogens (tertiary/aromatic N) is 2. The summed E-state index contributed by atoms with van der Waals surface area (Å²) in [7, 11) is -3.75. The van der Waals surface area contributed by atoms with Gasteiger partial charge in [-0.15, -0.1) is 0 Å². The van der Waals surface area contributed by atoms with Crippen molar-refractivity contribution < 1.29 is 17.9 Å². The molecule has 0 saturated carbocycles. The Kier molecular flexibility index (Phi) is 3.41. The van der Waals surface area contributed by atoms with Crippen molar-refractivity contribution in [1.29, 1.82) is 0 Å². The summed E-state index contributed by atoms with van der Waals surface area (Å²) in [6.07, 6.45) is 2.60. The molecule has 1 atom stereocenters. The summed E-state index contributed by atoms with van der Waals surface area (Å²) in [6, 6.07) is 0.934. The Bertz CT molecular complexity index is 506. The van der Waals surface area contributed by atoms with Crippen LogP contribution in [0.1, 0.15) is 12.8 Å². The van der Waals surface area contributed by atoms with E-state index < -0.39 is 21.9 Å². The number of rotatable bonds is 2. The van der Waals surface area contributed by atoms with Crippen LogP contribution >= 0.6 is 0 Å². The van der Waals surface area contributed by atoms with Crippen LogP contribution in [0, 0.1) is 5.82 Å². The molecule has 0 unspecified atom stereocenters. The molecule has 5 nitrogen and oxygen atoms in total. The van der Waals surface area contributed by atoms with E-state index in [1.54, 1.807) is 0 Å². The van der Waals surface area contributed by atoms with Gasteiger partial charge in [0.15, 0.2) is 0 Å². The fourth-order valence-corrected chi connectivity index (χ4v) is 3.31. The van der Waals surface area contributed by atoms with Gasteiger partial charge < -0.3 is 5.11 Å². The Balaban J connectivity index is 2.29. The van der Waals surface area contributed by atoms with Crippen LogP contribution in [0.2, 0.25) is 0 Å². The molecule has 1 aromatic rings. The number of β-amino-alcohol motifs (C(OH)–C–C–N with tert-alkyl or cyclic N) is 1. The molecule has 0 aliphatic carbocycles. The predicted octanol–water partition coefficient (Wildman–Crippen LogP) is 0.366. The molecule has 1 aliphatic rings. The van der Waals surface area contributed by atoms with Gasteiger partial charge in [-0.05, 0) is 18.9 Å². The van der Waals surface area contributed by atoms with E-state index in [9.17, 15) is 17.9 Å². The molecule has 7 heteroatoms. The van der Waals surface area contributed by atoms with Gasteiger partial charge in [0.1, 0.15) is 10.7 Å². The molecule has 1 aromatic heterocycles. The molecule has 1 aliphatic heterocycles. The van der Waals surface area contributed by atoms with E-state index in [1.807, 2.05) is 0 Å². The first-order valence-corrected chi connectivity index (χ1v) is 6.73. The molecule has 0 radical (unpaired) electrons. The number of aromatic nitrogens is 1. The molecule has 2 rings (SSSR count). The molecule has 0 bridgehead atoms. The maximum Gasteiger partial charge on any atom is 0.244 e. The van der Waals surface area contributed by atoms with Gasteiger partial charge in [0.05, 0.1) is 12.3 Å². The molecule has 0 aromatic carbocycles. The molecule has 1 N–H and O–H groups in total. The van der Waals surface area contributed by atoms with E-state index in [1.165, 1.54) is 0 Å². The molecule has 0 spiro atoms. The Morgan fingerprint density at radius 3 is 2.88 bits per heavy atom. The molecule has 94 valence electrons. The summed E-state index contributed by atoms with van der Waals surface area (Å²) in [4.78, 5) is 3.35. The van der Waals surface area contributed by atoms with E-state index in [2.05, 4.69) is 4.98 Å². The largest absolute Gasteiger partial charge is 0.392 e. The van der Waals surface area contributed by atoms with Crippen molar-refractivity contribution in [2.24, 2.45) is 0 Å². The predicted molar refractivity (Wildman–Crippen MR) is 58.2 cm³/mol. The molecule has 2 heterocycles. The Morgan fingerprint density at radius 2 is 2.24 bits per heavy atom. The number of piperidine rings is 1. The van der Waals surface area contributed by atoms with E-state index in [0.717, 1.165) is 22.8 Å². The van der Waals surface area contributed by atoms with Crippen LogP contribution in [-0.4, -0.2) is 42.0 Å². The standard InChI is InChI=1S/C10H13FN2O3S/c11-8-4-10(6-12-5-8)17(15,16)13-3-1-2-9(14)7-13/h4-6,9,14H,1-3,7H2/t9-/m1/s1. The lowest BCUT2D eigenvalue weighted by Gasteiger charge is -2.29. The summed E-state index contributed by atoms with van der Waals surface area (Å²) >= 11 is 0. The zero-order valence-electron chi connectivity index (χ0n) is 9.08. The van der Waals surface area contributed by atoms with Crippen molar-refractivity contribution in [2.75, 3.05) is 13.1 Å². The minimum Gasteiger partial charge on any atom is -0.392 e. The maximum atomic E-state index is 12.9. The third-order valence-electron chi connectivity index (χ3n) is 2.68. The average molecular weight is 260 g/mol. The summed E-state index contributed by atoms with van der Waals surface area (Å²) in [5.74, 6) is -0.691. The lowest BCUT2D eigenvalue weighted by molar-refractivity contribution is 0.108. The molecule has 17 heavy (non-hydrogen) atoms. The zero-order valence-corrected chi connectivity index (χ0v) is 9.90. The second kappa shape index (κ2) is 4.67. The average Bonchev–Trinajstić information content (AvgIpc) is 2.29. The second-order valence-corrected chi connectivity index (χ2v) is 5.94. The molecular formula is C10H13FN2O3S. The summed E-state index contributed by atoms with van der Waals surface area (Å²) in [5.41, 5.74) is 0. The maximum absolute atomic E-state index is 12.9. The Morgan fingerprint density at radius 1 is 1.47 bits per heavy atom. The van der Waals surface area contributed by atoms with Gasteiger partial charge in [0, 0.05) is 19.3 Å². The van der Waals surface area contributed by atoms with Crippen LogP contribution in [-0.2, 0) is 10.0 Å². The normalized spacial score (nSPS) is 22.6. The van der Waals surface area contributed by atoms with Crippen molar-refractivity contribution in [2.45, 2.75) is 23.8 Å². The van der Waals surface area contributed by atoms with Gasteiger partial charge in [-0.2, -0.15) is 4.31 Å². The van der Waals surface area contributed by atoms with Gasteiger partial charge in [0.2, 0.25) is 10.0 Å². The van der Waals surface area contributed by atoms with E-state index in [0.29, 0.717) is 19.4 Å². The third kappa shape index (κ3) is 2.62. The number of hydrogen-bond donors (Lipinski definition) is 1. The summed E-state index contributed by atoms with van der Waals surface area (Å²) in [5, 5.41) is 9.45. The fourth-order valence-electron chi connectivity index (χ4n) is 1.82. The van der Waals surface area contributed by atoms with E-state index >= 15 is 0 Å². The minimum atomic E-state index is -3.75. The topological polar surface area (TPSA) is 70.5 Å². The lowest BCUT2D eigenvalue weighted by Crippen LogP contribution is -2.42. The monoisotopic (exact) mass is 260 g/mol. The first-order chi connectivity index (χ1) is 8.00. The SMILES string of the molecule is O=S(=O)(c1cncc(F)c1)N1CCC[C@@H](O)C1. The highest BCUT2D eigenvalue weighted by atomic mass is 32.2. The van der Waals surface area contributed by atoms with Crippen LogP contribution in [0.4, 0.5) is 4.39 Å². The van der Waals surface area contributed by atoms with Crippen LogP contribution in [0.15, 0.2) is 23.4 Å². The number of aliphatic hydroxyl groups excluding tert-OH is 1. The van der Waals surface area contributed by atoms with Crippen LogP contribution in [0.5, 0.6) is 0 Å². The molecule has 1 saturated heterocycles. The van der Waals surface area contributed by atoms with Gasteiger partial charge in [-0.3, -0.25) is 4.98 Å². The highest BCUT2D eigenvalue weighted by Gasteiger charge is 2.29. The van der Waals surface area contributed by atoms with Crippen molar-refractivity contribution in [3.63, 3.8) is 0 Å². The third-order valence-corrected chi connectivity index (χ3v) is 4.51. The van der Waals surface area contributed by atoms with Gasteiger partial charge in [-0.1, -0.05) is 0 Å². The number of sulfonamides is 1. The smallest absolute Gasteiger partial charge is 0.244 e. The van der Waals surface area contributed by atoms with E-state index in [4.69, 9.17) is 0 Å². The van der Waals surface area contributed by atoms with Crippen molar-refractivity contribution >= 4 is 10.0 Å². The van der Waals surface area contributed by atoms with Crippen molar-refractivity contribution in [1.82, 2.24) is 9.29 Å². The number of hydrogen-bond acceptors (Lipinski definition) is 4. The first kappa shape index (κ1) is 12.4. The highest BCUT2D eigenvalue weighted by molar-refractivity contribution is 7.89. The quantitative estimate of drug-likeness (QED) is 0.834. The zero-order chi connectivity index (χ0) is 12.5. The van der Waals surface area contributed by atoms with E-state index in [-0.39, 0.29) is 11.4 Å². The first-order valence-electron chi connectivity index (χ1n) is 5.29. The lowest BCUT2D eigenvalue weighted by atomic mass is 10.1. The molecular weight excluding hydrogens is 247 g/mol. The van der Waals surface area contributed by atoms with Gasteiger partial charge >= 0.3 is 0 Å². The minimum absolute atomic E-state index is 0.0544. The Labute approximate surface area is 99.0 Å². The number of aliphatic hydroxyl groups is 1. The van der Waals surface area contributed by atoms with Gasteiger partial charge in [-0.25, -0.2) is 12.8 Å². The second-order valence-electron chi connectivity index (χ2n) is 4.00. The molecule has 1 fully saturated rings. The molecule has 0 amide bonds.